The van der Waals surface area contributed by atoms with E-state index in [0.29, 0.717) is 11.3 Å². The minimum Gasteiger partial charge on any atom is -0.463 e. The maximum absolute atomic E-state index is 12.0. The van der Waals surface area contributed by atoms with E-state index in [9.17, 15) is 4.79 Å². The largest absolute Gasteiger partial charge is 0.463 e. The number of pyridine rings is 1. The Morgan fingerprint density at radius 3 is 2.64 bits per heavy atom. The molecule has 1 heterocycles. The molecule has 0 aliphatic carbocycles. The van der Waals surface area contributed by atoms with Gasteiger partial charge in [0.1, 0.15) is 5.52 Å². The van der Waals surface area contributed by atoms with Crippen molar-refractivity contribution in [1.82, 2.24) is 4.98 Å². The van der Waals surface area contributed by atoms with Gasteiger partial charge in [0, 0.05) is 27.7 Å². The van der Waals surface area contributed by atoms with Gasteiger partial charge in [0.2, 0.25) is 0 Å². The molecule has 2 aromatic carbocycles. The predicted octanol–water partition coefficient (Wildman–Crippen LogP) is 4.77. The fourth-order valence-electron chi connectivity index (χ4n) is 2.05. The van der Waals surface area contributed by atoms with E-state index in [4.69, 9.17) is 4.74 Å². The van der Waals surface area contributed by atoms with Crippen molar-refractivity contribution in [2.45, 2.75) is 0 Å². The summed E-state index contributed by atoms with van der Waals surface area (Å²) in [5, 5.41) is 0.993. The van der Waals surface area contributed by atoms with Gasteiger partial charge in [-0.1, -0.05) is 34.1 Å². The van der Waals surface area contributed by atoms with Crippen molar-refractivity contribution >= 4 is 32.6 Å². The molecule has 0 fully saturated rings. The first-order chi connectivity index (χ1) is 10.7. The second kappa shape index (κ2) is 6.54. The van der Waals surface area contributed by atoms with Crippen LogP contribution in [0, 0.1) is 0 Å². The summed E-state index contributed by atoms with van der Waals surface area (Å²) in [7, 11) is 0. The first kappa shape index (κ1) is 14.5. The van der Waals surface area contributed by atoms with Crippen molar-refractivity contribution < 1.29 is 9.53 Å². The zero-order valence-electron chi connectivity index (χ0n) is 11.6. The minimum absolute atomic E-state index is 0.110. The Labute approximate surface area is 136 Å². The van der Waals surface area contributed by atoms with E-state index in [0.717, 1.165) is 15.4 Å². The molecule has 0 saturated heterocycles. The summed E-state index contributed by atoms with van der Waals surface area (Å²) in [5.74, 6) is 0.513. The third kappa shape index (κ3) is 3.23. The topological polar surface area (TPSA) is 39.2 Å². The van der Waals surface area contributed by atoms with Crippen LogP contribution in [-0.2, 0) is 0 Å². The fourth-order valence-corrected chi connectivity index (χ4v) is 2.32. The number of nitrogens with zero attached hydrogens (tertiary/aromatic N) is 1. The summed E-state index contributed by atoms with van der Waals surface area (Å²) in [6.07, 6.45) is 4.52. The van der Waals surface area contributed by atoms with Crippen molar-refractivity contribution in [1.29, 1.82) is 0 Å². The Balaban J connectivity index is 1.76. The van der Waals surface area contributed by atoms with Gasteiger partial charge >= 0.3 is 0 Å². The average Bonchev–Trinajstić information content (AvgIpc) is 2.55. The number of hydrogen-bond donors (Lipinski definition) is 0. The number of ether oxygens (including phenoxy) is 1. The third-order valence-corrected chi connectivity index (χ3v) is 3.67. The number of allylic oxidation sites excluding steroid dienone is 1. The summed E-state index contributed by atoms with van der Waals surface area (Å²) < 4.78 is 6.50. The number of hydrogen-bond acceptors (Lipinski definition) is 3. The first-order valence-electron chi connectivity index (χ1n) is 6.71. The molecule has 108 valence electrons. The van der Waals surface area contributed by atoms with E-state index in [2.05, 4.69) is 20.9 Å². The molecule has 0 radical (unpaired) electrons. The molecule has 3 rings (SSSR count). The number of halogens is 1. The van der Waals surface area contributed by atoms with Gasteiger partial charge in [-0.2, -0.15) is 0 Å². The lowest BCUT2D eigenvalue weighted by Crippen LogP contribution is -1.95. The second-order valence-corrected chi connectivity index (χ2v) is 5.54. The molecular weight excluding hydrogens is 342 g/mol. The molecule has 0 unspecified atom stereocenters. The normalized spacial score (nSPS) is 11.0. The summed E-state index contributed by atoms with van der Waals surface area (Å²) in [6, 6.07) is 16.7. The average molecular weight is 354 g/mol. The number of benzene rings is 2. The van der Waals surface area contributed by atoms with Crippen LogP contribution in [0.1, 0.15) is 10.4 Å². The molecule has 3 aromatic rings. The van der Waals surface area contributed by atoms with Crippen molar-refractivity contribution in [3.8, 4) is 5.75 Å². The maximum atomic E-state index is 12.0. The van der Waals surface area contributed by atoms with Crippen LogP contribution in [0.25, 0.3) is 10.9 Å². The summed E-state index contributed by atoms with van der Waals surface area (Å²) in [6.45, 7) is 0. The van der Waals surface area contributed by atoms with E-state index in [1.165, 1.54) is 12.3 Å². The number of aromatic nitrogens is 1. The third-order valence-electron chi connectivity index (χ3n) is 3.14. The molecule has 0 bridgehead atoms. The van der Waals surface area contributed by atoms with Gasteiger partial charge in [-0.05, 0) is 36.4 Å². The number of para-hydroxylation sites is 1. The Bertz CT molecular complexity index is 836. The molecule has 0 atom stereocenters. The minimum atomic E-state index is -0.110. The highest BCUT2D eigenvalue weighted by atomic mass is 79.9. The van der Waals surface area contributed by atoms with Crippen molar-refractivity contribution in [3.05, 3.63) is 83.2 Å². The van der Waals surface area contributed by atoms with E-state index in [1.807, 2.05) is 42.5 Å². The molecule has 0 N–H and O–H groups in total. The molecule has 0 aliphatic heterocycles. The highest BCUT2D eigenvalue weighted by Gasteiger charge is 2.03. The van der Waals surface area contributed by atoms with Gasteiger partial charge in [0.05, 0.1) is 6.26 Å². The SMILES string of the molecule is O=C(/C=C/Oc1cccc2cccnc12)c1ccc(Br)cc1. The first-order valence-corrected chi connectivity index (χ1v) is 7.50. The van der Waals surface area contributed by atoms with Crippen LogP contribution in [0.5, 0.6) is 5.75 Å². The zero-order chi connectivity index (χ0) is 15.4. The number of ketones is 1. The van der Waals surface area contributed by atoms with Crippen LogP contribution >= 0.6 is 15.9 Å². The standard InChI is InChI=1S/C18H12BrNO2/c19-15-8-6-13(7-9-15)16(21)10-12-22-17-5-1-3-14-4-2-11-20-18(14)17/h1-12H/b12-10+. The molecule has 0 amide bonds. The molecule has 0 aliphatic rings. The Morgan fingerprint density at radius 1 is 1.05 bits per heavy atom. The molecule has 22 heavy (non-hydrogen) atoms. The zero-order valence-corrected chi connectivity index (χ0v) is 13.2. The van der Waals surface area contributed by atoms with Gasteiger partial charge in [-0.25, -0.2) is 0 Å². The van der Waals surface area contributed by atoms with Crippen molar-refractivity contribution in [2.75, 3.05) is 0 Å². The molecular formula is C18H12BrNO2. The molecule has 0 spiro atoms. The number of fused-ring (bicyclic) bond motifs is 1. The van der Waals surface area contributed by atoms with Gasteiger partial charge in [0.15, 0.2) is 11.5 Å². The molecule has 0 saturated carbocycles. The lowest BCUT2D eigenvalue weighted by Gasteiger charge is -2.03. The number of carbonyl (C=O) groups is 1. The van der Waals surface area contributed by atoms with Crippen LogP contribution < -0.4 is 4.74 Å². The van der Waals surface area contributed by atoms with Crippen LogP contribution in [0.2, 0.25) is 0 Å². The van der Waals surface area contributed by atoms with Crippen LogP contribution in [0.4, 0.5) is 0 Å². The molecule has 3 nitrogen and oxygen atoms in total. The second-order valence-electron chi connectivity index (χ2n) is 4.62. The summed E-state index contributed by atoms with van der Waals surface area (Å²) in [4.78, 5) is 16.3. The fraction of sp³-hybridized carbons (Fsp3) is 0. The summed E-state index contributed by atoms with van der Waals surface area (Å²) in [5.41, 5.74) is 1.38. The van der Waals surface area contributed by atoms with E-state index in [1.54, 1.807) is 18.3 Å². The quantitative estimate of drug-likeness (QED) is 0.385. The summed E-state index contributed by atoms with van der Waals surface area (Å²) >= 11 is 3.34. The Hall–Kier alpha value is -2.46. The monoisotopic (exact) mass is 353 g/mol. The maximum Gasteiger partial charge on any atom is 0.188 e. The van der Waals surface area contributed by atoms with Gasteiger partial charge < -0.3 is 4.74 Å². The van der Waals surface area contributed by atoms with Crippen molar-refractivity contribution in [3.63, 3.8) is 0 Å². The van der Waals surface area contributed by atoms with E-state index >= 15 is 0 Å². The van der Waals surface area contributed by atoms with E-state index in [-0.39, 0.29) is 5.78 Å². The lowest BCUT2D eigenvalue weighted by atomic mass is 10.1. The number of rotatable bonds is 4. The van der Waals surface area contributed by atoms with Crippen molar-refractivity contribution in [2.24, 2.45) is 0 Å². The smallest absolute Gasteiger partial charge is 0.188 e. The predicted molar refractivity (Wildman–Crippen MR) is 90.0 cm³/mol. The van der Waals surface area contributed by atoms with Gasteiger partial charge in [-0.15, -0.1) is 0 Å². The van der Waals surface area contributed by atoms with E-state index < -0.39 is 0 Å². The molecule has 1 aromatic heterocycles. The van der Waals surface area contributed by atoms with Crippen LogP contribution in [0.15, 0.2) is 77.6 Å². The van der Waals surface area contributed by atoms with Crippen LogP contribution in [-0.4, -0.2) is 10.8 Å². The highest BCUT2D eigenvalue weighted by Crippen LogP contribution is 2.23. The Morgan fingerprint density at radius 2 is 1.82 bits per heavy atom. The van der Waals surface area contributed by atoms with Crippen LogP contribution in [0.3, 0.4) is 0 Å². The van der Waals surface area contributed by atoms with Gasteiger partial charge in [-0.3, -0.25) is 9.78 Å². The molecule has 4 heteroatoms. The highest BCUT2D eigenvalue weighted by molar-refractivity contribution is 9.10. The number of carbonyl (C=O) groups excluding carboxylic acids is 1. The van der Waals surface area contributed by atoms with Gasteiger partial charge in [0.25, 0.3) is 0 Å². The Kier molecular flexibility index (Phi) is 4.30. The lowest BCUT2D eigenvalue weighted by molar-refractivity contribution is 0.104.